The van der Waals surface area contributed by atoms with E-state index in [2.05, 4.69) is 43.6 Å². The summed E-state index contributed by atoms with van der Waals surface area (Å²) in [5.41, 5.74) is 1.25. The molecule has 0 bridgehead atoms. The maximum absolute atomic E-state index is 9.32. The lowest BCUT2D eigenvalue weighted by Crippen LogP contribution is -2.34. The van der Waals surface area contributed by atoms with Crippen LogP contribution < -0.4 is 5.32 Å². The molecule has 1 aromatic carbocycles. The quantitative estimate of drug-likeness (QED) is 0.827. The average Bonchev–Trinajstić information content (AvgIpc) is 2.92. The van der Waals surface area contributed by atoms with Gasteiger partial charge in [0.1, 0.15) is 5.75 Å². The van der Waals surface area contributed by atoms with E-state index in [9.17, 15) is 5.11 Å². The van der Waals surface area contributed by atoms with Crippen molar-refractivity contribution in [1.29, 1.82) is 0 Å². The minimum atomic E-state index is 0.327. The van der Waals surface area contributed by atoms with Gasteiger partial charge in [-0.1, -0.05) is 32.0 Å². The van der Waals surface area contributed by atoms with Crippen LogP contribution in [0.3, 0.4) is 0 Å². The number of aromatic hydroxyl groups is 1. The molecule has 108 valence electrons. The van der Waals surface area contributed by atoms with Gasteiger partial charge in [0.2, 0.25) is 0 Å². The van der Waals surface area contributed by atoms with Crippen molar-refractivity contribution in [2.24, 2.45) is 5.92 Å². The van der Waals surface area contributed by atoms with Gasteiger partial charge >= 0.3 is 0 Å². The summed E-state index contributed by atoms with van der Waals surface area (Å²) in [6, 6.07) is 12.6. The van der Waals surface area contributed by atoms with E-state index < -0.39 is 0 Å². The van der Waals surface area contributed by atoms with Crippen molar-refractivity contribution in [2.45, 2.75) is 39.3 Å². The number of hydrogen-bond acceptors (Lipinski definition) is 3. The van der Waals surface area contributed by atoms with E-state index in [1.54, 1.807) is 12.1 Å². The van der Waals surface area contributed by atoms with E-state index in [4.69, 9.17) is 0 Å². The lowest BCUT2D eigenvalue weighted by atomic mass is 10.00. The highest BCUT2D eigenvalue weighted by Crippen LogP contribution is 2.26. The maximum Gasteiger partial charge on any atom is 0.115 e. The lowest BCUT2D eigenvalue weighted by Gasteiger charge is -2.26. The number of phenols is 1. The first-order valence-electron chi connectivity index (χ1n) is 7.13. The second kappa shape index (κ2) is 6.91. The first kappa shape index (κ1) is 15.1. The topological polar surface area (TPSA) is 32.3 Å². The van der Waals surface area contributed by atoms with Crippen LogP contribution >= 0.6 is 11.3 Å². The zero-order valence-corrected chi connectivity index (χ0v) is 13.2. The zero-order chi connectivity index (χ0) is 14.5. The number of rotatable bonds is 6. The fraction of sp³-hybridized carbons (Fsp3) is 0.412. The van der Waals surface area contributed by atoms with Gasteiger partial charge in [0.05, 0.1) is 0 Å². The zero-order valence-electron chi connectivity index (χ0n) is 12.3. The van der Waals surface area contributed by atoms with E-state index in [-0.39, 0.29) is 0 Å². The van der Waals surface area contributed by atoms with Crippen LogP contribution in [0.5, 0.6) is 5.75 Å². The Morgan fingerprint density at radius 1 is 1.10 bits per heavy atom. The van der Waals surface area contributed by atoms with Crippen molar-refractivity contribution in [3.63, 3.8) is 0 Å². The molecule has 0 amide bonds. The van der Waals surface area contributed by atoms with Crippen LogP contribution in [0.1, 0.15) is 37.3 Å². The van der Waals surface area contributed by atoms with Gasteiger partial charge in [0.15, 0.2) is 0 Å². The van der Waals surface area contributed by atoms with Gasteiger partial charge in [0.25, 0.3) is 0 Å². The summed E-state index contributed by atoms with van der Waals surface area (Å²) in [6.45, 7) is 6.73. The minimum Gasteiger partial charge on any atom is -0.508 e. The summed E-state index contributed by atoms with van der Waals surface area (Å²) in [7, 11) is 0. The van der Waals surface area contributed by atoms with E-state index >= 15 is 0 Å². The summed E-state index contributed by atoms with van der Waals surface area (Å²) < 4.78 is 0. The first-order valence-corrected chi connectivity index (χ1v) is 8.01. The summed E-state index contributed by atoms with van der Waals surface area (Å²) >= 11 is 1.81. The molecule has 0 saturated heterocycles. The Morgan fingerprint density at radius 2 is 1.80 bits per heavy atom. The average molecular weight is 289 g/mol. The molecule has 0 fully saturated rings. The standard InChI is InChI=1S/C17H23NOS/c1-12(2)17(16-5-4-10-20-16)18-13(3)11-14-6-8-15(19)9-7-14/h4-10,12-13,17-19H,11H2,1-3H3. The smallest absolute Gasteiger partial charge is 0.115 e. The van der Waals surface area contributed by atoms with Crippen LogP contribution in [-0.2, 0) is 6.42 Å². The Morgan fingerprint density at radius 3 is 2.35 bits per heavy atom. The normalized spacial score (nSPS) is 14.4. The van der Waals surface area contributed by atoms with Crippen LogP contribution in [0.4, 0.5) is 0 Å². The summed E-state index contributed by atoms with van der Waals surface area (Å²) in [5.74, 6) is 0.893. The van der Waals surface area contributed by atoms with Crippen LogP contribution in [0.2, 0.25) is 0 Å². The van der Waals surface area contributed by atoms with E-state index in [0.29, 0.717) is 23.8 Å². The van der Waals surface area contributed by atoms with E-state index in [1.165, 1.54) is 10.4 Å². The summed E-state index contributed by atoms with van der Waals surface area (Å²) in [4.78, 5) is 1.40. The Balaban J connectivity index is 1.98. The number of phenolic OH excluding ortho intramolecular Hbond substituents is 1. The lowest BCUT2D eigenvalue weighted by molar-refractivity contribution is 0.373. The highest BCUT2D eigenvalue weighted by molar-refractivity contribution is 7.10. The Bertz CT molecular complexity index is 504. The number of nitrogens with one attached hydrogen (secondary N) is 1. The molecule has 1 aromatic heterocycles. The van der Waals surface area contributed by atoms with Gasteiger partial charge in [0, 0.05) is 17.0 Å². The fourth-order valence-corrected chi connectivity index (χ4v) is 3.38. The molecular weight excluding hydrogens is 266 g/mol. The largest absolute Gasteiger partial charge is 0.508 e. The van der Waals surface area contributed by atoms with Crippen LogP contribution in [-0.4, -0.2) is 11.1 Å². The van der Waals surface area contributed by atoms with Crippen molar-refractivity contribution in [2.75, 3.05) is 0 Å². The van der Waals surface area contributed by atoms with Gasteiger partial charge in [-0.3, -0.25) is 0 Å². The molecule has 0 spiro atoms. The van der Waals surface area contributed by atoms with Crippen molar-refractivity contribution < 1.29 is 5.11 Å². The molecule has 2 atom stereocenters. The van der Waals surface area contributed by atoms with Crippen molar-refractivity contribution in [3.8, 4) is 5.75 Å². The third kappa shape index (κ3) is 4.09. The van der Waals surface area contributed by atoms with Gasteiger partial charge in [-0.25, -0.2) is 0 Å². The van der Waals surface area contributed by atoms with Crippen molar-refractivity contribution >= 4 is 11.3 Å². The van der Waals surface area contributed by atoms with Gasteiger partial charge < -0.3 is 10.4 Å². The Labute approximate surface area is 125 Å². The predicted molar refractivity (Wildman–Crippen MR) is 86.3 cm³/mol. The second-order valence-corrected chi connectivity index (χ2v) is 6.65. The molecule has 0 saturated carbocycles. The van der Waals surface area contributed by atoms with Crippen LogP contribution in [0.25, 0.3) is 0 Å². The third-order valence-electron chi connectivity index (χ3n) is 3.46. The predicted octanol–water partition coefficient (Wildman–Crippen LogP) is 4.37. The second-order valence-electron chi connectivity index (χ2n) is 5.68. The SMILES string of the molecule is CC(Cc1ccc(O)cc1)NC(c1cccs1)C(C)C. The minimum absolute atomic E-state index is 0.327. The molecule has 2 nitrogen and oxygen atoms in total. The van der Waals surface area contributed by atoms with Crippen LogP contribution in [0.15, 0.2) is 41.8 Å². The van der Waals surface area contributed by atoms with Gasteiger partial charge in [-0.05, 0) is 48.4 Å². The van der Waals surface area contributed by atoms with E-state index in [1.807, 2.05) is 23.5 Å². The molecule has 1 heterocycles. The first-order chi connectivity index (χ1) is 9.56. The fourth-order valence-electron chi connectivity index (χ4n) is 2.42. The Hall–Kier alpha value is -1.32. The maximum atomic E-state index is 9.32. The number of thiophene rings is 1. The molecule has 2 unspecified atom stereocenters. The molecular formula is C17H23NOS. The van der Waals surface area contributed by atoms with E-state index in [0.717, 1.165) is 6.42 Å². The third-order valence-corrected chi connectivity index (χ3v) is 4.41. The summed E-state index contributed by atoms with van der Waals surface area (Å²) in [6.07, 6.45) is 0.967. The Kier molecular flexibility index (Phi) is 5.21. The van der Waals surface area contributed by atoms with Crippen molar-refractivity contribution in [1.82, 2.24) is 5.32 Å². The van der Waals surface area contributed by atoms with Gasteiger partial charge in [-0.2, -0.15) is 0 Å². The molecule has 0 aliphatic rings. The summed E-state index contributed by atoms with van der Waals surface area (Å²) in [5, 5.41) is 15.2. The molecule has 0 radical (unpaired) electrons. The number of benzene rings is 1. The molecule has 0 aliphatic carbocycles. The molecule has 2 N–H and O–H groups in total. The molecule has 0 aliphatic heterocycles. The van der Waals surface area contributed by atoms with Gasteiger partial charge in [-0.15, -0.1) is 11.3 Å². The van der Waals surface area contributed by atoms with Crippen LogP contribution in [0, 0.1) is 5.92 Å². The number of hydrogen-bond donors (Lipinski definition) is 2. The highest BCUT2D eigenvalue weighted by Gasteiger charge is 2.18. The monoisotopic (exact) mass is 289 g/mol. The molecule has 2 aromatic rings. The highest BCUT2D eigenvalue weighted by atomic mass is 32.1. The van der Waals surface area contributed by atoms with Crippen molar-refractivity contribution in [3.05, 3.63) is 52.2 Å². The molecule has 20 heavy (non-hydrogen) atoms. The molecule has 2 rings (SSSR count). The molecule has 3 heteroatoms.